The molecule has 0 saturated heterocycles. The Morgan fingerprint density at radius 3 is 2.02 bits per heavy atom. The summed E-state index contributed by atoms with van der Waals surface area (Å²) in [5, 5.41) is 39.5. The fourth-order valence-corrected chi connectivity index (χ4v) is 8.07. The Kier molecular flexibility index (Phi) is 22.2. The summed E-state index contributed by atoms with van der Waals surface area (Å²) in [5.41, 5.74) is 1.30. The summed E-state index contributed by atoms with van der Waals surface area (Å²) in [5.74, 6) is -1.18. The molecule has 5 aromatic carbocycles. The van der Waals surface area contributed by atoms with Gasteiger partial charge in [0.15, 0.2) is 5.82 Å². The molecule has 1 aromatic heterocycles. The zero-order valence-corrected chi connectivity index (χ0v) is 46.2. The van der Waals surface area contributed by atoms with Crippen molar-refractivity contribution >= 4 is 90.0 Å². The predicted molar refractivity (Wildman–Crippen MR) is 212 cm³/mol. The second-order valence-corrected chi connectivity index (χ2v) is 16.3. The number of anilines is 3. The van der Waals surface area contributed by atoms with Gasteiger partial charge in [0.1, 0.15) is 48.9 Å². The molecular weight excluding hydrogens is 987 g/mol. The van der Waals surface area contributed by atoms with Crippen molar-refractivity contribution in [3.05, 3.63) is 130 Å². The van der Waals surface area contributed by atoms with E-state index in [2.05, 4.69) is 36.1 Å². The fourth-order valence-electron chi connectivity index (χ4n) is 5.69. The van der Waals surface area contributed by atoms with Gasteiger partial charge >= 0.3 is 154 Å². The van der Waals surface area contributed by atoms with E-state index in [9.17, 15) is 41.3 Å². The molecule has 6 aromatic rings. The largest absolute Gasteiger partial charge is 1.00 e. The van der Waals surface area contributed by atoms with E-state index in [0.717, 1.165) is 40.7 Å². The SMILES string of the molecule is CCN(c1ccccc1)c1ccc(N=Nc2c(C#N)c(-c3ccccc3)nn2-c2c(Cl)cc(S(=O)(=O)[O-])cc2Cl)c(NC(=O)c2cc(SOO[O-])cc(S(=O)(=O)[O-])c2)c1.[K+].[K+].[K+]. The molecule has 17 nitrogen and oxygen atoms in total. The quantitative estimate of drug-likeness (QED) is 0.0329. The van der Waals surface area contributed by atoms with Gasteiger partial charge in [-0.25, -0.2) is 21.5 Å². The third kappa shape index (κ3) is 13.7. The van der Waals surface area contributed by atoms with Crippen molar-refractivity contribution in [2.75, 3.05) is 16.8 Å². The third-order valence-electron chi connectivity index (χ3n) is 8.28. The van der Waals surface area contributed by atoms with Crippen molar-refractivity contribution in [1.29, 1.82) is 5.26 Å². The van der Waals surface area contributed by atoms with E-state index in [4.69, 9.17) is 23.2 Å². The molecule has 0 aliphatic rings. The number of azo groups is 1. The number of para-hydroxylation sites is 1. The zero-order chi connectivity index (χ0) is 42.5. The Labute approximate surface area is 497 Å². The van der Waals surface area contributed by atoms with Crippen LogP contribution in [0.25, 0.3) is 16.9 Å². The number of nitriles is 1. The second kappa shape index (κ2) is 24.8. The van der Waals surface area contributed by atoms with Crippen LogP contribution in [-0.2, 0) is 29.6 Å². The van der Waals surface area contributed by atoms with E-state index >= 15 is 0 Å². The Hall–Kier alpha value is -0.791. The van der Waals surface area contributed by atoms with E-state index in [0.29, 0.717) is 17.8 Å². The van der Waals surface area contributed by atoms with Crippen molar-refractivity contribution in [1.82, 2.24) is 9.78 Å². The number of benzene rings is 5. The molecule has 25 heteroatoms. The second-order valence-electron chi connectivity index (χ2n) is 11.9. The number of amides is 1. The van der Waals surface area contributed by atoms with E-state index in [1.165, 1.54) is 6.07 Å². The minimum Gasteiger partial charge on any atom is -0.744 e. The number of hydrogen-bond acceptors (Lipinski definition) is 16. The van der Waals surface area contributed by atoms with Crippen LogP contribution in [0.5, 0.6) is 0 Å². The molecule has 0 spiro atoms. The van der Waals surface area contributed by atoms with Crippen LogP contribution < -0.4 is 170 Å². The average molecular weight is 1010 g/mol. The van der Waals surface area contributed by atoms with Crippen LogP contribution in [0.1, 0.15) is 22.8 Å². The first-order valence-electron chi connectivity index (χ1n) is 16.6. The van der Waals surface area contributed by atoms with Gasteiger partial charge in [0, 0.05) is 33.9 Å². The van der Waals surface area contributed by atoms with Crippen LogP contribution in [-0.4, -0.2) is 48.2 Å². The Morgan fingerprint density at radius 1 is 0.855 bits per heavy atom. The number of carbonyl (C=O) groups is 1. The first-order valence-corrected chi connectivity index (χ1v) is 20.9. The van der Waals surface area contributed by atoms with Crippen LogP contribution in [0.15, 0.2) is 134 Å². The molecule has 0 aliphatic carbocycles. The molecule has 0 aliphatic heterocycles. The summed E-state index contributed by atoms with van der Waals surface area (Å²) < 4.78 is 76.7. The van der Waals surface area contributed by atoms with Gasteiger partial charge in [0.25, 0.3) is 5.91 Å². The van der Waals surface area contributed by atoms with E-state index in [1.54, 1.807) is 42.5 Å². The molecular formula is C37H24Cl2K3N7O10S3. The van der Waals surface area contributed by atoms with Gasteiger partial charge in [0.05, 0.1) is 37.6 Å². The molecule has 0 radical (unpaired) electrons. The summed E-state index contributed by atoms with van der Waals surface area (Å²) in [6, 6.07) is 29.1. The van der Waals surface area contributed by atoms with Gasteiger partial charge in [-0.15, -0.1) is 10.2 Å². The van der Waals surface area contributed by atoms with Gasteiger partial charge in [-0.3, -0.25) is 9.83 Å². The van der Waals surface area contributed by atoms with Crippen molar-refractivity contribution in [2.45, 2.75) is 21.6 Å². The molecule has 0 fully saturated rings. The van der Waals surface area contributed by atoms with E-state index < -0.39 is 35.9 Å². The van der Waals surface area contributed by atoms with Crippen LogP contribution in [0, 0.1) is 11.3 Å². The van der Waals surface area contributed by atoms with Crippen molar-refractivity contribution in [3.8, 4) is 23.0 Å². The number of carbonyl (C=O) groups excluding carboxylic acids is 1. The zero-order valence-electron chi connectivity index (χ0n) is 32.8. The van der Waals surface area contributed by atoms with E-state index in [-0.39, 0.29) is 221 Å². The predicted octanol–water partition coefficient (Wildman–Crippen LogP) is -1.41. The first kappa shape index (κ1) is 55.5. The number of nitrogens with one attached hydrogen (secondary N) is 1. The maximum absolute atomic E-state index is 13.9. The summed E-state index contributed by atoms with van der Waals surface area (Å²) in [7, 11) is -10.1. The number of nitrogens with zero attached hydrogens (tertiary/aromatic N) is 6. The first-order chi connectivity index (χ1) is 28.1. The fraction of sp³-hybridized carbons (Fsp3) is 0.0541. The smallest absolute Gasteiger partial charge is 0.744 e. The average Bonchev–Trinajstić information content (AvgIpc) is 3.57. The van der Waals surface area contributed by atoms with Gasteiger partial charge in [-0.2, -0.15) is 14.7 Å². The van der Waals surface area contributed by atoms with Crippen molar-refractivity contribution in [2.24, 2.45) is 10.2 Å². The molecule has 302 valence electrons. The molecule has 1 heterocycles. The maximum Gasteiger partial charge on any atom is 1.00 e. The summed E-state index contributed by atoms with van der Waals surface area (Å²) in [6.07, 6.45) is 0. The molecule has 0 unspecified atom stereocenters. The maximum atomic E-state index is 13.9. The number of hydrogen-bond donors (Lipinski definition) is 1. The molecule has 62 heavy (non-hydrogen) atoms. The van der Waals surface area contributed by atoms with Crippen LogP contribution in [0.4, 0.5) is 28.6 Å². The Morgan fingerprint density at radius 2 is 1.45 bits per heavy atom. The van der Waals surface area contributed by atoms with Gasteiger partial charge in [-0.1, -0.05) is 71.7 Å². The molecule has 6 rings (SSSR count). The summed E-state index contributed by atoms with van der Waals surface area (Å²) >= 11 is 13.3. The number of halogens is 2. The normalized spacial score (nSPS) is 11.2. The molecule has 1 N–H and O–H groups in total. The standard InChI is InChI=1S/C37H27Cl2N7O10S3.3K/c1-2-45(24-11-7-4-8-12-24)25-13-14-32(33(17-25)41-37(47)23-15-26(57-56-55-48)18-27(16-23)58(49,50)51)42-43-36-29(21-40)34(22-9-5-3-6-10-22)44-46(36)35-30(38)19-28(20-31(35)39)59(52,53)54;;;/h3-20,48H,2H2,1H3,(H,41,47)(H,49,50,51)(H,52,53,54);;;/q;3*+1/p-3. The Bertz CT molecular complexity index is 2850. The Balaban J connectivity index is 0.00000341. The topological polar surface area (TPSA) is 255 Å². The van der Waals surface area contributed by atoms with Gasteiger partial charge in [-0.05, 0) is 67.6 Å². The third-order valence-corrected chi connectivity index (χ3v) is 11.0. The molecule has 0 bridgehead atoms. The minimum absolute atomic E-state index is 0. The van der Waals surface area contributed by atoms with Crippen LogP contribution in [0.2, 0.25) is 10.0 Å². The van der Waals surface area contributed by atoms with Crippen molar-refractivity contribution in [3.63, 3.8) is 0 Å². The summed E-state index contributed by atoms with van der Waals surface area (Å²) in [4.78, 5) is 14.1. The minimum atomic E-state index is -5.10. The molecule has 0 atom stereocenters. The monoisotopic (exact) mass is 1010 g/mol. The van der Waals surface area contributed by atoms with Gasteiger partial charge in [0.2, 0.25) is 0 Å². The van der Waals surface area contributed by atoms with Crippen LogP contribution in [0.3, 0.4) is 0 Å². The molecule has 0 saturated carbocycles. The van der Waals surface area contributed by atoms with Crippen LogP contribution >= 0.6 is 35.2 Å². The number of aromatic nitrogens is 2. The van der Waals surface area contributed by atoms with E-state index in [1.807, 2.05) is 42.2 Å². The van der Waals surface area contributed by atoms with Crippen molar-refractivity contribution < 1.29 is 200 Å². The van der Waals surface area contributed by atoms with Gasteiger partial charge < -0.3 is 24.6 Å². The summed E-state index contributed by atoms with van der Waals surface area (Å²) in [6.45, 7) is 2.36. The number of rotatable bonds is 14. The molecule has 1 amide bonds.